The maximum atomic E-state index is 12.7. The van der Waals surface area contributed by atoms with E-state index in [0.717, 1.165) is 24.8 Å². The summed E-state index contributed by atoms with van der Waals surface area (Å²) < 4.78 is 12.7. The monoisotopic (exact) mass is 142 g/mol. The largest absolute Gasteiger partial charge is 0.206 e. The Morgan fingerprint density at radius 3 is 3.11 bits per heavy atom. The number of rotatable bonds is 0. The number of halogens is 1. The zero-order valence-corrected chi connectivity index (χ0v) is 5.80. The topological polar surface area (TPSA) is 0 Å². The molecule has 1 aliphatic rings. The van der Waals surface area contributed by atoms with Crippen molar-refractivity contribution in [3.05, 3.63) is 21.6 Å². The van der Waals surface area contributed by atoms with E-state index in [2.05, 4.69) is 0 Å². The highest BCUT2D eigenvalue weighted by Gasteiger charge is 2.16. The van der Waals surface area contributed by atoms with Gasteiger partial charge in [-0.15, -0.1) is 11.3 Å². The summed E-state index contributed by atoms with van der Waals surface area (Å²) >= 11 is 1.56. The first kappa shape index (κ1) is 5.42. The normalized spacial score (nSPS) is 16.1. The summed E-state index contributed by atoms with van der Waals surface area (Å²) in [6, 6.07) is 0. The van der Waals surface area contributed by atoms with Crippen molar-refractivity contribution in [3.8, 4) is 0 Å². The van der Waals surface area contributed by atoms with E-state index in [1.165, 1.54) is 4.88 Å². The van der Waals surface area contributed by atoms with Gasteiger partial charge in [-0.2, -0.15) is 0 Å². The highest BCUT2D eigenvalue weighted by atomic mass is 32.1. The van der Waals surface area contributed by atoms with Gasteiger partial charge >= 0.3 is 0 Å². The van der Waals surface area contributed by atoms with E-state index in [4.69, 9.17) is 0 Å². The molecular formula is C7H7FS. The molecule has 2 rings (SSSR count). The van der Waals surface area contributed by atoms with Crippen LogP contribution in [0.3, 0.4) is 0 Å². The van der Waals surface area contributed by atoms with Gasteiger partial charge in [0.1, 0.15) is 5.82 Å². The smallest absolute Gasteiger partial charge is 0.137 e. The molecule has 0 nitrogen and oxygen atoms in total. The molecule has 1 heterocycles. The standard InChI is InChI=1S/C7H7FS/c8-6-4-9-7-3-1-2-5(6)7/h4H,1-3H2. The Labute approximate surface area is 57.3 Å². The van der Waals surface area contributed by atoms with Crippen LogP contribution in [0.15, 0.2) is 5.38 Å². The van der Waals surface area contributed by atoms with Crippen LogP contribution in [0.25, 0.3) is 0 Å². The number of hydrogen-bond acceptors (Lipinski definition) is 1. The molecule has 0 fully saturated rings. The van der Waals surface area contributed by atoms with E-state index < -0.39 is 0 Å². The van der Waals surface area contributed by atoms with Crippen molar-refractivity contribution >= 4 is 11.3 Å². The van der Waals surface area contributed by atoms with Crippen LogP contribution in [0.2, 0.25) is 0 Å². The molecule has 1 aromatic rings. The Kier molecular flexibility index (Phi) is 1.09. The average Bonchev–Trinajstić information content (AvgIpc) is 2.35. The molecule has 9 heavy (non-hydrogen) atoms. The van der Waals surface area contributed by atoms with Gasteiger partial charge in [0.2, 0.25) is 0 Å². The van der Waals surface area contributed by atoms with E-state index in [0.29, 0.717) is 0 Å². The van der Waals surface area contributed by atoms with Crippen molar-refractivity contribution < 1.29 is 4.39 Å². The Morgan fingerprint density at radius 1 is 1.44 bits per heavy atom. The van der Waals surface area contributed by atoms with Crippen LogP contribution in [-0.4, -0.2) is 0 Å². The van der Waals surface area contributed by atoms with Crippen molar-refractivity contribution in [2.45, 2.75) is 19.3 Å². The molecule has 0 N–H and O–H groups in total. The minimum absolute atomic E-state index is 0.0208. The van der Waals surface area contributed by atoms with Crippen LogP contribution >= 0.6 is 11.3 Å². The van der Waals surface area contributed by atoms with Gasteiger partial charge in [0.15, 0.2) is 0 Å². The van der Waals surface area contributed by atoms with E-state index in [-0.39, 0.29) is 5.82 Å². The zero-order valence-electron chi connectivity index (χ0n) is 4.98. The first-order chi connectivity index (χ1) is 4.38. The summed E-state index contributed by atoms with van der Waals surface area (Å²) in [6.07, 6.45) is 3.22. The molecule has 0 saturated heterocycles. The lowest BCUT2D eigenvalue weighted by Gasteiger charge is -1.83. The first-order valence-electron chi connectivity index (χ1n) is 3.12. The Hall–Kier alpha value is -0.370. The van der Waals surface area contributed by atoms with Crippen LogP contribution in [0, 0.1) is 5.82 Å². The van der Waals surface area contributed by atoms with Gasteiger partial charge in [0.25, 0.3) is 0 Å². The maximum Gasteiger partial charge on any atom is 0.137 e. The SMILES string of the molecule is Fc1csc2c1CCC2. The van der Waals surface area contributed by atoms with Crippen molar-refractivity contribution in [2.75, 3.05) is 0 Å². The molecule has 0 aromatic carbocycles. The predicted octanol–water partition coefficient (Wildman–Crippen LogP) is 2.38. The molecule has 0 bridgehead atoms. The average molecular weight is 142 g/mol. The fraction of sp³-hybridized carbons (Fsp3) is 0.429. The van der Waals surface area contributed by atoms with E-state index >= 15 is 0 Å². The molecule has 1 aromatic heterocycles. The van der Waals surface area contributed by atoms with Crippen LogP contribution in [-0.2, 0) is 12.8 Å². The van der Waals surface area contributed by atoms with E-state index in [1.807, 2.05) is 0 Å². The second-order valence-electron chi connectivity index (χ2n) is 2.34. The first-order valence-corrected chi connectivity index (χ1v) is 4.00. The van der Waals surface area contributed by atoms with Crippen LogP contribution in [0.5, 0.6) is 0 Å². The molecule has 0 aliphatic heterocycles. The maximum absolute atomic E-state index is 12.7. The van der Waals surface area contributed by atoms with Gasteiger partial charge in [-0.05, 0) is 19.3 Å². The van der Waals surface area contributed by atoms with Crippen LogP contribution in [0.1, 0.15) is 16.9 Å². The van der Waals surface area contributed by atoms with Gasteiger partial charge in [-0.1, -0.05) is 0 Å². The summed E-state index contributed by atoms with van der Waals surface area (Å²) in [5, 5.41) is 1.61. The van der Waals surface area contributed by atoms with Crippen molar-refractivity contribution in [1.29, 1.82) is 0 Å². The molecule has 0 spiro atoms. The van der Waals surface area contributed by atoms with Gasteiger partial charge in [0.05, 0.1) is 0 Å². The lowest BCUT2D eigenvalue weighted by molar-refractivity contribution is 0.618. The Balaban J connectivity index is 2.56. The fourth-order valence-corrected chi connectivity index (χ4v) is 2.28. The Bertz CT molecular complexity index is 227. The quantitative estimate of drug-likeness (QED) is 0.521. The fourth-order valence-electron chi connectivity index (χ4n) is 1.29. The molecule has 48 valence electrons. The van der Waals surface area contributed by atoms with Crippen LogP contribution < -0.4 is 0 Å². The summed E-state index contributed by atoms with van der Waals surface area (Å²) in [4.78, 5) is 1.27. The summed E-state index contributed by atoms with van der Waals surface area (Å²) in [5.41, 5.74) is 0.986. The number of thiophene rings is 1. The highest BCUT2D eigenvalue weighted by molar-refractivity contribution is 7.10. The summed E-state index contributed by atoms with van der Waals surface area (Å²) in [7, 11) is 0. The number of fused-ring (bicyclic) bond motifs is 1. The lowest BCUT2D eigenvalue weighted by atomic mass is 10.3. The highest BCUT2D eigenvalue weighted by Crippen LogP contribution is 2.29. The minimum Gasteiger partial charge on any atom is -0.206 e. The van der Waals surface area contributed by atoms with Crippen molar-refractivity contribution in [2.24, 2.45) is 0 Å². The number of aryl methyl sites for hydroxylation is 1. The van der Waals surface area contributed by atoms with Crippen molar-refractivity contribution in [3.63, 3.8) is 0 Å². The predicted molar refractivity (Wildman–Crippen MR) is 36.3 cm³/mol. The third-order valence-corrected chi connectivity index (χ3v) is 2.82. The zero-order chi connectivity index (χ0) is 6.27. The van der Waals surface area contributed by atoms with Crippen LogP contribution in [0.4, 0.5) is 4.39 Å². The van der Waals surface area contributed by atoms with Crippen molar-refractivity contribution in [1.82, 2.24) is 0 Å². The summed E-state index contributed by atoms with van der Waals surface area (Å²) in [5.74, 6) is 0.0208. The third-order valence-electron chi connectivity index (χ3n) is 1.76. The number of hydrogen-bond donors (Lipinski definition) is 0. The minimum atomic E-state index is 0.0208. The lowest BCUT2D eigenvalue weighted by Crippen LogP contribution is -1.76. The van der Waals surface area contributed by atoms with Gasteiger partial charge in [-0.3, -0.25) is 0 Å². The van der Waals surface area contributed by atoms with E-state index in [1.54, 1.807) is 16.7 Å². The molecule has 0 saturated carbocycles. The molecule has 1 aliphatic carbocycles. The van der Waals surface area contributed by atoms with Gasteiger partial charge < -0.3 is 0 Å². The molecule has 0 radical (unpaired) electrons. The molecular weight excluding hydrogens is 135 g/mol. The molecule has 0 unspecified atom stereocenters. The third kappa shape index (κ3) is 0.697. The summed E-state index contributed by atoms with van der Waals surface area (Å²) in [6.45, 7) is 0. The van der Waals surface area contributed by atoms with Gasteiger partial charge in [0, 0.05) is 15.8 Å². The molecule has 0 amide bonds. The second kappa shape index (κ2) is 1.81. The second-order valence-corrected chi connectivity index (χ2v) is 3.30. The van der Waals surface area contributed by atoms with E-state index in [9.17, 15) is 4.39 Å². The van der Waals surface area contributed by atoms with Gasteiger partial charge in [-0.25, -0.2) is 4.39 Å². The molecule has 2 heteroatoms. The molecule has 0 atom stereocenters. The Morgan fingerprint density at radius 2 is 2.33 bits per heavy atom.